The third kappa shape index (κ3) is 4.54. The summed E-state index contributed by atoms with van der Waals surface area (Å²) in [6.07, 6.45) is 2.74. The number of methoxy groups -OCH3 is 2. The summed E-state index contributed by atoms with van der Waals surface area (Å²) in [4.78, 5) is 15.4. The van der Waals surface area contributed by atoms with E-state index >= 15 is 0 Å². The third-order valence-corrected chi connectivity index (χ3v) is 8.08. The van der Waals surface area contributed by atoms with Gasteiger partial charge in [-0.2, -0.15) is 5.26 Å². The zero-order valence-electron chi connectivity index (χ0n) is 20.1. The van der Waals surface area contributed by atoms with E-state index in [0.717, 1.165) is 10.0 Å². The normalized spacial score (nSPS) is 19.3. The number of carbonyl (C=O) groups excluding carboxylic acids is 1. The predicted molar refractivity (Wildman–Crippen MR) is 137 cm³/mol. The fourth-order valence-corrected chi connectivity index (χ4v) is 6.23. The van der Waals surface area contributed by atoms with Gasteiger partial charge < -0.3 is 15.2 Å². The summed E-state index contributed by atoms with van der Waals surface area (Å²) in [5.41, 5.74) is 8.61. The molecule has 1 aromatic carbocycles. The summed E-state index contributed by atoms with van der Waals surface area (Å²) >= 11 is 2.88. The summed E-state index contributed by atoms with van der Waals surface area (Å²) in [5.74, 6) is 1.37. The molecule has 0 amide bonds. The lowest BCUT2D eigenvalue weighted by Crippen LogP contribution is -2.42. The van der Waals surface area contributed by atoms with Crippen LogP contribution in [0, 0.1) is 16.7 Å². The minimum atomic E-state index is -0.678. The van der Waals surface area contributed by atoms with Crippen LogP contribution in [0.2, 0.25) is 0 Å². The number of rotatable bonds is 7. The SMILES string of the molecule is C=CCSc1nnc(N2C(N)=C(C#N)C(c3cc(OC)ccc3OC)C3=C2CC(C)(C)CC3=O)s1. The zero-order chi connectivity index (χ0) is 25.3. The van der Waals surface area contributed by atoms with Crippen molar-refractivity contribution in [2.45, 2.75) is 36.9 Å². The van der Waals surface area contributed by atoms with Gasteiger partial charge in [-0.05, 0) is 30.0 Å². The average Bonchev–Trinajstić information content (AvgIpc) is 3.29. The number of anilines is 1. The maximum Gasteiger partial charge on any atom is 0.219 e. The van der Waals surface area contributed by atoms with Gasteiger partial charge in [-0.1, -0.05) is 43.0 Å². The van der Waals surface area contributed by atoms with Gasteiger partial charge in [0.2, 0.25) is 5.13 Å². The maximum atomic E-state index is 13.7. The molecular weight excluding hydrogens is 482 g/mol. The summed E-state index contributed by atoms with van der Waals surface area (Å²) in [5, 5.41) is 19.4. The Bertz CT molecular complexity index is 1290. The molecule has 8 nitrogen and oxygen atoms in total. The Morgan fingerprint density at radius 3 is 2.77 bits per heavy atom. The topological polar surface area (TPSA) is 114 Å². The number of nitriles is 1. The molecule has 0 bridgehead atoms. The number of Topliss-reactive ketones (excluding diaryl/α,β-unsaturated/α-hetero) is 1. The van der Waals surface area contributed by atoms with Gasteiger partial charge in [0.15, 0.2) is 10.1 Å². The van der Waals surface area contributed by atoms with Crippen molar-refractivity contribution in [3.8, 4) is 17.6 Å². The van der Waals surface area contributed by atoms with E-state index in [-0.39, 0.29) is 22.6 Å². The van der Waals surface area contributed by atoms with Crippen LogP contribution in [-0.4, -0.2) is 36.0 Å². The van der Waals surface area contributed by atoms with Gasteiger partial charge >= 0.3 is 0 Å². The highest BCUT2D eigenvalue weighted by molar-refractivity contribution is 8.01. The second kappa shape index (κ2) is 9.76. The van der Waals surface area contributed by atoms with Crippen molar-refractivity contribution < 1.29 is 14.3 Å². The predicted octanol–water partition coefficient (Wildman–Crippen LogP) is 4.77. The lowest BCUT2D eigenvalue weighted by molar-refractivity contribution is -0.118. The van der Waals surface area contributed by atoms with E-state index in [9.17, 15) is 10.1 Å². The van der Waals surface area contributed by atoms with E-state index in [0.29, 0.717) is 46.4 Å². The van der Waals surface area contributed by atoms with Gasteiger partial charge in [0.25, 0.3) is 0 Å². The number of ketones is 1. The van der Waals surface area contributed by atoms with Crippen LogP contribution in [0.1, 0.15) is 38.2 Å². The maximum absolute atomic E-state index is 13.7. The minimum absolute atomic E-state index is 0.0258. The number of nitrogens with zero attached hydrogens (tertiary/aromatic N) is 4. The summed E-state index contributed by atoms with van der Waals surface area (Å²) in [7, 11) is 3.13. The molecule has 1 aliphatic heterocycles. The molecule has 0 spiro atoms. The molecule has 2 aromatic rings. The lowest BCUT2D eigenvalue weighted by atomic mass is 9.68. The quantitative estimate of drug-likeness (QED) is 0.416. The van der Waals surface area contributed by atoms with E-state index in [1.807, 2.05) is 0 Å². The standard InChI is InChI=1S/C25H27N5O3S2/c1-6-9-34-24-29-28-23(35-24)30-17-11-25(2,3)12-18(31)21(17)20(16(13-26)22(30)27)15-10-14(32-4)7-8-19(15)33-5/h6-8,10,20H,1,9,11-12,27H2,2-5H3. The molecule has 1 unspecified atom stereocenters. The van der Waals surface area contributed by atoms with Crippen molar-refractivity contribution in [1.82, 2.24) is 10.2 Å². The van der Waals surface area contributed by atoms with Crippen LogP contribution in [-0.2, 0) is 4.79 Å². The number of allylic oxidation sites excluding steroid dienone is 3. The molecule has 0 radical (unpaired) electrons. The number of nitrogens with two attached hydrogens (primary N) is 1. The largest absolute Gasteiger partial charge is 0.497 e. The highest BCUT2D eigenvalue weighted by Gasteiger charge is 2.46. The number of hydrogen-bond acceptors (Lipinski definition) is 10. The fraction of sp³-hybridized carbons (Fsp3) is 0.360. The highest BCUT2D eigenvalue weighted by atomic mass is 32.2. The molecular formula is C25H27N5O3S2. The molecule has 2 N–H and O–H groups in total. The van der Waals surface area contributed by atoms with Gasteiger partial charge in [-0.15, -0.1) is 16.8 Å². The molecule has 1 atom stereocenters. The van der Waals surface area contributed by atoms with Crippen molar-refractivity contribution in [3.05, 3.63) is 59.1 Å². The Balaban J connectivity index is 1.96. The van der Waals surface area contributed by atoms with Crippen LogP contribution < -0.4 is 20.1 Å². The number of thioether (sulfide) groups is 1. The first-order chi connectivity index (χ1) is 16.7. The van der Waals surface area contributed by atoms with Gasteiger partial charge in [-0.3, -0.25) is 9.69 Å². The molecule has 1 aliphatic carbocycles. The van der Waals surface area contributed by atoms with Crippen molar-refractivity contribution >= 4 is 34.0 Å². The number of hydrogen-bond donors (Lipinski definition) is 1. The van der Waals surface area contributed by atoms with Gasteiger partial charge in [0.05, 0.1) is 31.8 Å². The Hall–Kier alpha value is -3.29. The molecule has 2 heterocycles. The van der Waals surface area contributed by atoms with Crippen molar-refractivity contribution in [1.29, 1.82) is 5.26 Å². The molecule has 0 saturated carbocycles. The van der Waals surface area contributed by atoms with Crippen LogP contribution in [0.25, 0.3) is 0 Å². The number of benzene rings is 1. The summed E-state index contributed by atoms with van der Waals surface area (Å²) < 4.78 is 11.8. The molecule has 2 aliphatic rings. The summed E-state index contributed by atoms with van der Waals surface area (Å²) in [6.45, 7) is 7.85. The van der Waals surface area contributed by atoms with Crippen LogP contribution >= 0.6 is 23.1 Å². The van der Waals surface area contributed by atoms with E-state index in [4.69, 9.17) is 15.2 Å². The highest BCUT2D eigenvalue weighted by Crippen LogP contribution is 2.52. The van der Waals surface area contributed by atoms with E-state index in [1.165, 1.54) is 23.1 Å². The number of aromatic nitrogens is 2. The first-order valence-electron chi connectivity index (χ1n) is 11.0. The van der Waals surface area contributed by atoms with E-state index in [2.05, 4.69) is 36.7 Å². The average molecular weight is 510 g/mol. The monoisotopic (exact) mass is 509 g/mol. The minimum Gasteiger partial charge on any atom is -0.497 e. The van der Waals surface area contributed by atoms with Crippen LogP contribution in [0.15, 0.2) is 57.9 Å². The first-order valence-corrected chi connectivity index (χ1v) is 12.8. The molecule has 182 valence electrons. The van der Waals surface area contributed by atoms with Crippen molar-refractivity contribution in [2.75, 3.05) is 24.9 Å². The van der Waals surface area contributed by atoms with Crippen LogP contribution in [0.5, 0.6) is 11.5 Å². The first kappa shape index (κ1) is 24.8. The molecule has 1 aromatic heterocycles. The molecule has 4 rings (SSSR count). The van der Waals surface area contributed by atoms with Gasteiger partial charge in [0, 0.05) is 29.0 Å². The van der Waals surface area contributed by atoms with Gasteiger partial charge in [-0.25, -0.2) is 0 Å². The summed E-state index contributed by atoms with van der Waals surface area (Å²) in [6, 6.07) is 7.63. The Labute approximate surface area is 213 Å². The lowest BCUT2D eigenvalue weighted by Gasteiger charge is -2.42. The van der Waals surface area contributed by atoms with Crippen molar-refractivity contribution in [3.63, 3.8) is 0 Å². The number of ether oxygens (including phenoxy) is 2. The zero-order valence-corrected chi connectivity index (χ0v) is 21.8. The molecule has 0 fully saturated rings. The fourth-order valence-electron chi connectivity index (χ4n) is 4.58. The Kier molecular flexibility index (Phi) is 6.92. The third-order valence-electron chi connectivity index (χ3n) is 6.04. The molecule has 0 saturated heterocycles. The van der Waals surface area contributed by atoms with Gasteiger partial charge in [0.1, 0.15) is 17.3 Å². The smallest absolute Gasteiger partial charge is 0.219 e. The second-order valence-electron chi connectivity index (χ2n) is 9.04. The number of carbonyl (C=O) groups is 1. The van der Waals surface area contributed by atoms with E-state index in [1.54, 1.807) is 43.4 Å². The van der Waals surface area contributed by atoms with E-state index < -0.39 is 5.92 Å². The Morgan fingerprint density at radius 2 is 2.11 bits per heavy atom. The molecule has 10 heteroatoms. The van der Waals surface area contributed by atoms with Crippen LogP contribution in [0.4, 0.5) is 5.13 Å². The Morgan fingerprint density at radius 1 is 1.34 bits per heavy atom. The van der Waals surface area contributed by atoms with Crippen molar-refractivity contribution in [2.24, 2.45) is 11.1 Å². The van der Waals surface area contributed by atoms with Crippen LogP contribution in [0.3, 0.4) is 0 Å². The molecule has 35 heavy (non-hydrogen) atoms. The second-order valence-corrected chi connectivity index (χ2v) is 11.3.